The Morgan fingerprint density at radius 2 is 1.83 bits per heavy atom. The van der Waals surface area contributed by atoms with Gasteiger partial charge in [0.05, 0.1) is 0 Å². The Bertz CT molecular complexity index is 393. The maximum atomic E-state index is 12.4. The highest BCUT2D eigenvalue weighted by Gasteiger charge is 2.24. The number of rotatable bonds is 3. The number of carbonyl (C=O) groups excluding carboxylic acids is 1. The van der Waals surface area contributed by atoms with Gasteiger partial charge in [-0.3, -0.25) is 4.79 Å². The lowest BCUT2D eigenvalue weighted by atomic mass is 9.88. The van der Waals surface area contributed by atoms with Crippen LogP contribution in [0.2, 0.25) is 0 Å². The number of hydrogen-bond donors (Lipinski definition) is 1. The summed E-state index contributed by atoms with van der Waals surface area (Å²) < 4.78 is 0. The van der Waals surface area contributed by atoms with Gasteiger partial charge in [0.25, 0.3) is 0 Å². The molecule has 1 aliphatic rings. The number of nitrogens with zero attached hydrogens (tertiary/aromatic N) is 1. The van der Waals surface area contributed by atoms with Crippen LogP contribution in [0.3, 0.4) is 0 Å². The highest BCUT2D eigenvalue weighted by molar-refractivity contribution is 5.94. The summed E-state index contributed by atoms with van der Waals surface area (Å²) in [4.78, 5) is 14.1. The van der Waals surface area contributed by atoms with Crippen LogP contribution >= 0.6 is 0 Å². The minimum atomic E-state index is 0.220. The van der Waals surface area contributed by atoms with E-state index in [4.69, 9.17) is 5.73 Å². The van der Waals surface area contributed by atoms with Crippen molar-refractivity contribution in [3.8, 4) is 0 Å². The van der Waals surface area contributed by atoms with E-state index >= 15 is 0 Å². The maximum absolute atomic E-state index is 12.4. The van der Waals surface area contributed by atoms with Crippen molar-refractivity contribution >= 4 is 11.6 Å². The van der Waals surface area contributed by atoms with Gasteiger partial charge >= 0.3 is 0 Å². The first kappa shape index (κ1) is 13.1. The molecule has 1 amide bonds. The molecule has 18 heavy (non-hydrogen) atoms. The van der Waals surface area contributed by atoms with Gasteiger partial charge < -0.3 is 10.6 Å². The third-order valence-corrected chi connectivity index (χ3v) is 3.84. The summed E-state index contributed by atoms with van der Waals surface area (Å²) in [6.45, 7) is 0.542. The first-order valence-electron chi connectivity index (χ1n) is 6.79. The number of amides is 1. The predicted octanol–water partition coefficient (Wildman–Crippen LogP) is 2.69. The van der Waals surface area contributed by atoms with Crippen LogP contribution in [-0.2, 0) is 11.3 Å². The van der Waals surface area contributed by atoms with E-state index in [0.717, 1.165) is 24.1 Å². The fourth-order valence-corrected chi connectivity index (χ4v) is 2.61. The lowest BCUT2D eigenvalue weighted by Crippen LogP contribution is -2.33. The normalized spacial score (nSPS) is 16.6. The zero-order valence-electron chi connectivity index (χ0n) is 11.1. The van der Waals surface area contributed by atoms with Gasteiger partial charge in [-0.25, -0.2) is 0 Å². The van der Waals surface area contributed by atoms with Crippen LogP contribution in [0, 0.1) is 5.92 Å². The molecule has 98 valence electrons. The molecule has 0 saturated heterocycles. The monoisotopic (exact) mass is 246 g/mol. The highest BCUT2D eigenvalue weighted by atomic mass is 16.2. The maximum Gasteiger partial charge on any atom is 0.229 e. The smallest absolute Gasteiger partial charge is 0.229 e. The largest absolute Gasteiger partial charge is 0.326 e. The molecular weight excluding hydrogens is 224 g/mol. The molecular formula is C15H22N2O. The van der Waals surface area contributed by atoms with Gasteiger partial charge in [-0.15, -0.1) is 0 Å². The summed E-state index contributed by atoms with van der Waals surface area (Å²) >= 11 is 0. The fourth-order valence-electron chi connectivity index (χ4n) is 2.61. The van der Waals surface area contributed by atoms with Gasteiger partial charge in [0.2, 0.25) is 5.91 Å². The standard InChI is InChI=1S/C15H22N2O/c1-17(14-9-7-12(11-16)8-10-14)15(18)13-5-3-2-4-6-13/h7-10,13H,2-6,11,16H2,1H3. The second kappa shape index (κ2) is 6.01. The first-order valence-corrected chi connectivity index (χ1v) is 6.79. The Kier molecular flexibility index (Phi) is 4.37. The minimum absolute atomic E-state index is 0.220. The summed E-state index contributed by atoms with van der Waals surface area (Å²) in [7, 11) is 1.87. The van der Waals surface area contributed by atoms with E-state index in [1.165, 1.54) is 19.3 Å². The van der Waals surface area contributed by atoms with Gasteiger partial charge in [-0.05, 0) is 30.5 Å². The molecule has 2 N–H and O–H groups in total. The minimum Gasteiger partial charge on any atom is -0.326 e. The molecule has 0 radical (unpaired) electrons. The summed E-state index contributed by atoms with van der Waals surface area (Å²) in [6.07, 6.45) is 5.75. The zero-order valence-corrected chi connectivity index (χ0v) is 11.1. The van der Waals surface area contributed by atoms with Crippen molar-refractivity contribution in [3.63, 3.8) is 0 Å². The third-order valence-electron chi connectivity index (χ3n) is 3.84. The number of hydrogen-bond acceptors (Lipinski definition) is 2. The summed E-state index contributed by atoms with van der Waals surface area (Å²) in [5.41, 5.74) is 7.63. The molecule has 0 spiro atoms. The molecule has 1 aromatic rings. The highest BCUT2D eigenvalue weighted by Crippen LogP contribution is 2.27. The van der Waals surface area contributed by atoms with Crippen LogP contribution in [0.5, 0.6) is 0 Å². The van der Waals surface area contributed by atoms with Crippen molar-refractivity contribution < 1.29 is 4.79 Å². The van der Waals surface area contributed by atoms with E-state index < -0.39 is 0 Å². The summed E-state index contributed by atoms with van der Waals surface area (Å²) in [5.74, 6) is 0.480. The van der Waals surface area contributed by atoms with Crippen molar-refractivity contribution in [3.05, 3.63) is 29.8 Å². The molecule has 0 aliphatic heterocycles. The molecule has 3 nitrogen and oxygen atoms in total. The van der Waals surface area contributed by atoms with Crippen LogP contribution in [0.15, 0.2) is 24.3 Å². The van der Waals surface area contributed by atoms with Crippen LogP contribution in [-0.4, -0.2) is 13.0 Å². The van der Waals surface area contributed by atoms with E-state index in [1.54, 1.807) is 4.90 Å². The van der Waals surface area contributed by atoms with E-state index in [1.807, 2.05) is 31.3 Å². The molecule has 0 aromatic heterocycles. The van der Waals surface area contributed by atoms with Crippen molar-refractivity contribution in [1.29, 1.82) is 0 Å². The van der Waals surface area contributed by atoms with E-state index in [2.05, 4.69) is 0 Å². The number of carbonyl (C=O) groups is 1. The Morgan fingerprint density at radius 3 is 2.39 bits per heavy atom. The quantitative estimate of drug-likeness (QED) is 0.891. The molecule has 3 heteroatoms. The second-order valence-corrected chi connectivity index (χ2v) is 5.10. The molecule has 1 fully saturated rings. The van der Waals surface area contributed by atoms with E-state index in [9.17, 15) is 4.79 Å². The Balaban J connectivity index is 2.04. The lowest BCUT2D eigenvalue weighted by molar-refractivity contribution is -0.123. The topological polar surface area (TPSA) is 46.3 Å². The van der Waals surface area contributed by atoms with Crippen molar-refractivity contribution in [2.24, 2.45) is 11.7 Å². The second-order valence-electron chi connectivity index (χ2n) is 5.10. The number of nitrogens with two attached hydrogens (primary N) is 1. The Morgan fingerprint density at radius 1 is 1.22 bits per heavy atom. The van der Waals surface area contributed by atoms with Crippen LogP contribution in [0.25, 0.3) is 0 Å². The molecule has 1 saturated carbocycles. The van der Waals surface area contributed by atoms with Crippen LogP contribution < -0.4 is 10.6 Å². The molecule has 0 bridgehead atoms. The van der Waals surface area contributed by atoms with E-state index in [0.29, 0.717) is 6.54 Å². The molecule has 0 heterocycles. The van der Waals surface area contributed by atoms with Gasteiger partial charge in [0.1, 0.15) is 0 Å². The van der Waals surface area contributed by atoms with Gasteiger partial charge in [0.15, 0.2) is 0 Å². The predicted molar refractivity (Wildman–Crippen MR) is 74.3 cm³/mol. The average Bonchev–Trinajstić information content (AvgIpc) is 2.47. The van der Waals surface area contributed by atoms with Crippen molar-refractivity contribution in [2.45, 2.75) is 38.6 Å². The van der Waals surface area contributed by atoms with Crippen LogP contribution in [0.4, 0.5) is 5.69 Å². The molecule has 1 aliphatic carbocycles. The number of benzene rings is 1. The molecule has 0 unspecified atom stereocenters. The van der Waals surface area contributed by atoms with Gasteiger partial charge in [-0.1, -0.05) is 31.4 Å². The summed E-state index contributed by atoms with van der Waals surface area (Å²) in [6, 6.07) is 7.92. The van der Waals surface area contributed by atoms with E-state index in [-0.39, 0.29) is 11.8 Å². The zero-order chi connectivity index (χ0) is 13.0. The SMILES string of the molecule is CN(C(=O)C1CCCCC1)c1ccc(CN)cc1. The molecule has 0 atom stereocenters. The average molecular weight is 246 g/mol. The summed E-state index contributed by atoms with van der Waals surface area (Å²) in [5, 5.41) is 0. The van der Waals surface area contributed by atoms with Crippen LogP contribution in [0.1, 0.15) is 37.7 Å². The first-order chi connectivity index (χ1) is 8.72. The fraction of sp³-hybridized carbons (Fsp3) is 0.533. The molecule has 1 aromatic carbocycles. The Labute approximate surface area is 109 Å². The van der Waals surface area contributed by atoms with Gasteiger partial charge in [0, 0.05) is 25.2 Å². The van der Waals surface area contributed by atoms with Crippen molar-refractivity contribution in [2.75, 3.05) is 11.9 Å². The molecule has 2 rings (SSSR count). The van der Waals surface area contributed by atoms with Gasteiger partial charge in [-0.2, -0.15) is 0 Å². The lowest BCUT2D eigenvalue weighted by Gasteiger charge is -2.26. The third kappa shape index (κ3) is 2.91. The number of anilines is 1. The van der Waals surface area contributed by atoms with Crippen molar-refractivity contribution in [1.82, 2.24) is 0 Å². The Hall–Kier alpha value is -1.35.